The van der Waals surface area contributed by atoms with Gasteiger partial charge >= 0.3 is 5.97 Å². The highest BCUT2D eigenvalue weighted by atomic mass is 16.5. The number of carbonyl (C=O) groups is 1. The fraction of sp³-hybridized carbons (Fsp3) is 0.500. The first-order valence-corrected chi connectivity index (χ1v) is 5.88. The molecule has 0 spiro atoms. The van der Waals surface area contributed by atoms with E-state index < -0.39 is 0 Å². The van der Waals surface area contributed by atoms with Crippen molar-refractivity contribution < 1.29 is 9.53 Å². The Labute approximate surface area is 97.6 Å². The zero-order valence-electron chi connectivity index (χ0n) is 10.1. The van der Waals surface area contributed by atoms with E-state index >= 15 is 0 Å². The van der Waals surface area contributed by atoms with Gasteiger partial charge in [0.25, 0.3) is 0 Å². The van der Waals surface area contributed by atoms with Crippen LogP contribution in [0.5, 0.6) is 0 Å². The Hall–Kier alpha value is -1.31. The minimum absolute atomic E-state index is 0.184. The Bertz CT molecular complexity index is 306. The van der Waals surface area contributed by atoms with E-state index in [0.717, 1.165) is 19.3 Å². The third kappa shape index (κ3) is 4.96. The minimum atomic E-state index is -0.184. The lowest BCUT2D eigenvalue weighted by Crippen LogP contribution is -2.01. The molecular formula is C14H20O2. The van der Waals surface area contributed by atoms with Gasteiger partial charge in [-0.15, -0.1) is 0 Å². The molecule has 88 valence electrons. The number of carbonyl (C=O) groups excluding carboxylic acids is 1. The molecule has 0 aliphatic heterocycles. The molecule has 16 heavy (non-hydrogen) atoms. The zero-order chi connectivity index (χ0) is 11.8. The molecular weight excluding hydrogens is 200 g/mol. The highest BCUT2D eigenvalue weighted by molar-refractivity contribution is 5.65. The molecule has 0 bridgehead atoms. The van der Waals surface area contributed by atoms with Crippen molar-refractivity contribution in [3.8, 4) is 0 Å². The summed E-state index contributed by atoms with van der Waals surface area (Å²) in [6, 6.07) is 10.5. The average Bonchev–Trinajstić information content (AvgIpc) is 2.29. The Morgan fingerprint density at radius 1 is 1.25 bits per heavy atom. The lowest BCUT2D eigenvalue weighted by Gasteiger charge is -2.11. The van der Waals surface area contributed by atoms with Crippen LogP contribution in [0.25, 0.3) is 0 Å². The molecule has 0 saturated heterocycles. The van der Waals surface area contributed by atoms with Crippen molar-refractivity contribution in [2.75, 3.05) is 6.61 Å². The maximum absolute atomic E-state index is 10.5. The highest BCUT2D eigenvalue weighted by Crippen LogP contribution is 2.20. The zero-order valence-corrected chi connectivity index (χ0v) is 10.1. The normalized spacial score (nSPS) is 12.1. The van der Waals surface area contributed by atoms with Crippen LogP contribution in [0.15, 0.2) is 30.3 Å². The molecule has 0 heterocycles. The standard InChI is InChI=1S/C14H20O2/c1-12(14-9-4-3-5-10-14)8-6-7-11-16-13(2)15/h3-5,9-10,12H,6-8,11H2,1-2H3. The van der Waals surface area contributed by atoms with Gasteiger partial charge in [0.15, 0.2) is 0 Å². The van der Waals surface area contributed by atoms with E-state index in [1.165, 1.54) is 12.5 Å². The summed E-state index contributed by atoms with van der Waals surface area (Å²) in [6.45, 7) is 4.24. The first kappa shape index (κ1) is 12.8. The van der Waals surface area contributed by atoms with Gasteiger partial charge in [0.2, 0.25) is 0 Å². The van der Waals surface area contributed by atoms with Crippen LogP contribution < -0.4 is 0 Å². The van der Waals surface area contributed by atoms with Crippen molar-refractivity contribution in [1.29, 1.82) is 0 Å². The largest absolute Gasteiger partial charge is 0.466 e. The summed E-state index contributed by atoms with van der Waals surface area (Å²) in [7, 11) is 0. The number of unbranched alkanes of at least 4 members (excludes halogenated alkanes) is 1. The summed E-state index contributed by atoms with van der Waals surface area (Å²) in [5.41, 5.74) is 1.38. The van der Waals surface area contributed by atoms with Gasteiger partial charge in [-0.05, 0) is 30.7 Å². The molecule has 0 aromatic heterocycles. The number of rotatable bonds is 6. The molecule has 2 heteroatoms. The first-order valence-electron chi connectivity index (χ1n) is 5.88. The maximum atomic E-state index is 10.5. The van der Waals surface area contributed by atoms with Crippen LogP contribution in [0.1, 0.15) is 44.6 Å². The number of benzene rings is 1. The Kier molecular flexibility index (Phi) is 5.62. The maximum Gasteiger partial charge on any atom is 0.302 e. The second-order valence-corrected chi connectivity index (χ2v) is 4.15. The van der Waals surface area contributed by atoms with Crippen LogP contribution in [0.3, 0.4) is 0 Å². The summed E-state index contributed by atoms with van der Waals surface area (Å²) in [6.07, 6.45) is 3.20. The first-order chi connectivity index (χ1) is 7.70. The summed E-state index contributed by atoms with van der Waals surface area (Å²) in [5, 5.41) is 0. The Morgan fingerprint density at radius 2 is 1.94 bits per heavy atom. The van der Waals surface area contributed by atoms with Crippen LogP contribution >= 0.6 is 0 Å². The SMILES string of the molecule is CC(=O)OCCCCC(C)c1ccccc1. The number of hydrogen-bond donors (Lipinski definition) is 0. The van der Waals surface area contributed by atoms with Crippen molar-refractivity contribution in [2.45, 2.75) is 39.0 Å². The molecule has 1 aromatic carbocycles. The topological polar surface area (TPSA) is 26.3 Å². The van der Waals surface area contributed by atoms with Crippen molar-refractivity contribution in [1.82, 2.24) is 0 Å². The summed E-state index contributed by atoms with van der Waals surface area (Å²) in [4.78, 5) is 10.5. The monoisotopic (exact) mass is 220 g/mol. The molecule has 0 amide bonds. The van der Waals surface area contributed by atoms with Crippen LogP contribution in [0, 0.1) is 0 Å². The molecule has 2 nitrogen and oxygen atoms in total. The second-order valence-electron chi connectivity index (χ2n) is 4.15. The van der Waals surface area contributed by atoms with E-state index in [1.807, 2.05) is 6.07 Å². The molecule has 0 aliphatic rings. The fourth-order valence-corrected chi connectivity index (χ4v) is 1.72. The molecule has 0 N–H and O–H groups in total. The summed E-state index contributed by atoms with van der Waals surface area (Å²) >= 11 is 0. The Morgan fingerprint density at radius 3 is 2.56 bits per heavy atom. The minimum Gasteiger partial charge on any atom is -0.466 e. The molecule has 0 saturated carbocycles. The van der Waals surface area contributed by atoms with E-state index in [4.69, 9.17) is 4.74 Å². The number of esters is 1. The van der Waals surface area contributed by atoms with Crippen molar-refractivity contribution >= 4 is 5.97 Å². The molecule has 1 aromatic rings. The van der Waals surface area contributed by atoms with Gasteiger partial charge in [-0.2, -0.15) is 0 Å². The molecule has 1 unspecified atom stereocenters. The lowest BCUT2D eigenvalue weighted by atomic mass is 9.96. The van der Waals surface area contributed by atoms with Gasteiger partial charge < -0.3 is 4.74 Å². The van der Waals surface area contributed by atoms with Gasteiger partial charge in [0, 0.05) is 6.92 Å². The van der Waals surface area contributed by atoms with Crippen LogP contribution in [-0.2, 0) is 9.53 Å². The van der Waals surface area contributed by atoms with Crippen molar-refractivity contribution in [2.24, 2.45) is 0 Å². The van der Waals surface area contributed by atoms with Gasteiger partial charge in [-0.3, -0.25) is 4.79 Å². The van der Waals surface area contributed by atoms with E-state index in [0.29, 0.717) is 12.5 Å². The predicted molar refractivity (Wildman–Crippen MR) is 65.3 cm³/mol. The smallest absolute Gasteiger partial charge is 0.302 e. The van der Waals surface area contributed by atoms with E-state index in [1.54, 1.807) is 0 Å². The van der Waals surface area contributed by atoms with Gasteiger partial charge in [-0.25, -0.2) is 0 Å². The Balaban J connectivity index is 2.16. The van der Waals surface area contributed by atoms with E-state index in [9.17, 15) is 4.79 Å². The second kappa shape index (κ2) is 7.04. The highest BCUT2D eigenvalue weighted by Gasteiger charge is 2.04. The van der Waals surface area contributed by atoms with Gasteiger partial charge in [0.05, 0.1) is 6.61 Å². The van der Waals surface area contributed by atoms with E-state index in [-0.39, 0.29) is 5.97 Å². The third-order valence-electron chi connectivity index (χ3n) is 2.71. The summed E-state index contributed by atoms with van der Waals surface area (Å²) in [5.74, 6) is 0.398. The van der Waals surface area contributed by atoms with Crippen LogP contribution in [0.4, 0.5) is 0 Å². The van der Waals surface area contributed by atoms with Crippen LogP contribution in [-0.4, -0.2) is 12.6 Å². The molecule has 1 rings (SSSR count). The third-order valence-corrected chi connectivity index (χ3v) is 2.71. The predicted octanol–water partition coefficient (Wildman–Crippen LogP) is 3.52. The average molecular weight is 220 g/mol. The van der Waals surface area contributed by atoms with Crippen LogP contribution in [0.2, 0.25) is 0 Å². The molecule has 1 atom stereocenters. The number of ether oxygens (including phenoxy) is 1. The number of hydrogen-bond acceptors (Lipinski definition) is 2. The summed E-state index contributed by atoms with van der Waals surface area (Å²) < 4.78 is 4.89. The van der Waals surface area contributed by atoms with Gasteiger partial charge in [0.1, 0.15) is 0 Å². The van der Waals surface area contributed by atoms with E-state index in [2.05, 4.69) is 31.2 Å². The van der Waals surface area contributed by atoms with Crippen molar-refractivity contribution in [3.63, 3.8) is 0 Å². The quantitative estimate of drug-likeness (QED) is 0.541. The van der Waals surface area contributed by atoms with Crippen molar-refractivity contribution in [3.05, 3.63) is 35.9 Å². The lowest BCUT2D eigenvalue weighted by molar-refractivity contribution is -0.141. The fourth-order valence-electron chi connectivity index (χ4n) is 1.72. The molecule has 0 fully saturated rings. The molecule has 0 aliphatic carbocycles. The van der Waals surface area contributed by atoms with Gasteiger partial charge in [-0.1, -0.05) is 37.3 Å². The molecule has 0 radical (unpaired) electrons.